The lowest BCUT2D eigenvalue weighted by atomic mass is 10.2. The fourth-order valence-electron chi connectivity index (χ4n) is 0.984. The van der Waals surface area contributed by atoms with Crippen molar-refractivity contribution in [1.82, 2.24) is 0 Å². The van der Waals surface area contributed by atoms with Gasteiger partial charge in [0.2, 0.25) is 5.91 Å². The van der Waals surface area contributed by atoms with Crippen LogP contribution in [0, 0.1) is 11.8 Å². The van der Waals surface area contributed by atoms with Gasteiger partial charge >= 0.3 is 0 Å². The number of anilines is 1. The van der Waals surface area contributed by atoms with Crippen LogP contribution in [0.4, 0.5) is 5.69 Å². The van der Waals surface area contributed by atoms with Gasteiger partial charge in [-0.1, -0.05) is 11.8 Å². The number of carbonyl (C=O) groups is 1. The number of nitrogens with two attached hydrogens (primary N) is 1. The topological polar surface area (TPSA) is 55.1 Å². The van der Waals surface area contributed by atoms with Crippen molar-refractivity contribution in [2.75, 3.05) is 17.7 Å². The van der Waals surface area contributed by atoms with E-state index in [2.05, 4.69) is 17.2 Å². The number of rotatable bonds is 2. The summed E-state index contributed by atoms with van der Waals surface area (Å²) in [6.45, 7) is 0.338. The smallest absolute Gasteiger partial charge is 0.239 e. The van der Waals surface area contributed by atoms with E-state index < -0.39 is 0 Å². The summed E-state index contributed by atoms with van der Waals surface area (Å²) in [4.78, 5) is 11.0. The van der Waals surface area contributed by atoms with Crippen molar-refractivity contribution in [1.29, 1.82) is 0 Å². The summed E-state index contributed by atoms with van der Waals surface area (Å²) in [6, 6.07) is 7.16. The Morgan fingerprint density at radius 2 is 2.07 bits per heavy atom. The van der Waals surface area contributed by atoms with E-state index in [9.17, 15) is 4.79 Å². The van der Waals surface area contributed by atoms with Gasteiger partial charge in [-0.2, -0.15) is 0 Å². The minimum Gasteiger partial charge on any atom is -0.325 e. The van der Waals surface area contributed by atoms with Crippen LogP contribution in [0.1, 0.15) is 5.56 Å². The summed E-state index contributed by atoms with van der Waals surface area (Å²) in [7, 11) is 0. The highest BCUT2D eigenvalue weighted by molar-refractivity contribution is 6.29. The van der Waals surface area contributed by atoms with Crippen LogP contribution in [0.25, 0.3) is 0 Å². The van der Waals surface area contributed by atoms with Crippen molar-refractivity contribution < 1.29 is 4.79 Å². The molecule has 3 nitrogen and oxygen atoms in total. The molecule has 0 saturated carbocycles. The molecule has 0 atom stereocenters. The molecule has 1 rings (SSSR count). The van der Waals surface area contributed by atoms with E-state index in [4.69, 9.17) is 17.3 Å². The average molecular weight is 223 g/mol. The Morgan fingerprint density at radius 1 is 1.40 bits per heavy atom. The van der Waals surface area contributed by atoms with Gasteiger partial charge < -0.3 is 11.1 Å². The zero-order chi connectivity index (χ0) is 11.1. The third kappa shape index (κ3) is 4.03. The van der Waals surface area contributed by atoms with E-state index in [-0.39, 0.29) is 11.8 Å². The van der Waals surface area contributed by atoms with E-state index >= 15 is 0 Å². The molecule has 1 aromatic carbocycles. The van der Waals surface area contributed by atoms with Gasteiger partial charge in [0.15, 0.2) is 0 Å². The quantitative estimate of drug-likeness (QED) is 0.583. The van der Waals surface area contributed by atoms with Crippen molar-refractivity contribution in [2.45, 2.75) is 0 Å². The summed E-state index contributed by atoms with van der Waals surface area (Å²) in [6.07, 6.45) is 0. The maximum atomic E-state index is 11.0. The van der Waals surface area contributed by atoms with Crippen LogP contribution in [0.5, 0.6) is 0 Å². The summed E-state index contributed by atoms with van der Waals surface area (Å²) in [5.41, 5.74) is 6.82. The third-order valence-corrected chi connectivity index (χ3v) is 1.87. The Hall–Kier alpha value is -1.50. The van der Waals surface area contributed by atoms with Gasteiger partial charge in [0.1, 0.15) is 5.88 Å². The minimum absolute atomic E-state index is 0.0469. The first-order valence-corrected chi connectivity index (χ1v) is 4.94. The Morgan fingerprint density at radius 3 is 2.60 bits per heavy atom. The van der Waals surface area contributed by atoms with Gasteiger partial charge in [-0.15, -0.1) is 11.6 Å². The predicted octanol–water partition coefficient (Wildman–Crippen LogP) is 1.17. The number of amides is 1. The second-order valence-corrected chi connectivity index (χ2v) is 3.03. The van der Waals surface area contributed by atoms with Crippen LogP contribution in [0.3, 0.4) is 0 Å². The largest absolute Gasteiger partial charge is 0.325 e. The molecule has 1 amide bonds. The Kier molecular flexibility index (Phi) is 4.69. The molecular weight excluding hydrogens is 212 g/mol. The average Bonchev–Trinajstić information content (AvgIpc) is 2.28. The second kappa shape index (κ2) is 6.07. The van der Waals surface area contributed by atoms with E-state index in [1.54, 1.807) is 12.1 Å². The number of hydrogen-bond acceptors (Lipinski definition) is 2. The van der Waals surface area contributed by atoms with Gasteiger partial charge in [-0.3, -0.25) is 4.79 Å². The van der Waals surface area contributed by atoms with Crippen molar-refractivity contribution in [3.63, 3.8) is 0 Å². The number of hydrogen-bond donors (Lipinski definition) is 2. The molecule has 4 heteroatoms. The first-order valence-electron chi connectivity index (χ1n) is 4.41. The standard InChI is InChI=1S/C11H11ClN2O/c12-8-11(15)14-10-5-3-9(4-6-10)2-1-7-13/h3-6H,7-8,13H2,(H,14,15). The van der Waals surface area contributed by atoms with Crippen molar-refractivity contribution >= 4 is 23.2 Å². The van der Waals surface area contributed by atoms with Crippen LogP contribution in [0.15, 0.2) is 24.3 Å². The molecule has 0 spiro atoms. The van der Waals surface area contributed by atoms with Gasteiger partial charge in [0, 0.05) is 11.3 Å². The lowest BCUT2D eigenvalue weighted by molar-refractivity contribution is -0.113. The van der Waals surface area contributed by atoms with E-state index in [1.165, 1.54) is 0 Å². The Bertz CT molecular complexity index is 389. The van der Waals surface area contributed by atoms with Crippen molar-refractivity contribution in [3.8, 4) is 11.8 Å². The van der Waals surface area contributed by atoms with Gasteiger partial charge in [-0.05, 0) is 24.3 Å². The normalized spacial score (nSPS) is 8.93. The summed E-state index contributed by atoms with van der Waals surface area (Å²) in [5, 5.41) is 2.63. The molecule has 0 saturated heterocycles. The number of halogens is 1. The predicted molar refractivity (Wildman–Crippen MR) is 61.7 cm³/mol. The lowest BCUT2D eigenvalue weighted by Gasteiger charge is -2.01. The van der Waals surface area contributed by atoms with Gasteiger partial charge in [0.25, 0.3) is 0 Å². The highest BCUT2D eigenvalue weighted by Crippen LogP contribution is 2.08. The zero-order valence-electron chi connectivity index (χ0n) is 8.09. The Balaban J connectivity index is 2.68. The van der Waals surface area contributed by atoms with E-state index in [0.29, 0.717) is 12.2 Å². The minimum atomic E-state index is -0.225. The Labute approximate surface area is 93.6 Å². The fourth-order valence-corrected chi connectivity index (χ4v) is 1.05. The molecule has 0 heterocycles. The first-order chi connectivity index (χ1) is 7.26. The number of alkyl halides is 1. The molecule has 3 N–H and O–H groups in total. The number of benzene rings is 1. The third-order valence-electron chi connectivity index (χ3n) is 1.62. The molecule has 0 unspecified atom stereocenters. The van der Waals surface area contributed by atoms with Crippen LogP contribution >= 0.6 is 11.6 Å². The molecule has 0 aliphatic heterocycles. The maximum Gasteiger partial charge on any atom is 0.239 e. The molecule has 0 aliphatic carbocycles. The van der Waals surface area contributed by atoms with E-state index in [0.717, 1.165) is 5.56 Å². The summed E-state index contributed by atoms with van der Waals surface area (Å²) >= 11 is 5.35. The number of nitrogens with one attached hydrogen (secondary N) is 1. The SMILES string of the molecule is NCC#Cc1ccc(NC(=O)CCl)cc1. The molecular formula is C11H11ClN2O. The van der Waals surface area contributed by atoms with Crippen molar-refractivity contribution in [2.24, 2.45) is 5.73 Å². The summed E-state index contributed by atoms with van der Waals surface area (Å²) < 4.78 is 0. The maximum absolute atomic E-state index is 11.0. The lowest BCUT2D eigenvalue weighted by Crippen LogP contribution is -2.12. The fraction of sp³-hybridized carbons (Fsp3) is 0.182. The zero-order valence-corrected chi connectivity index (χ0v) is 8.84. The molecule has 0 radical (unpaired) electrons. The highest BCUT2D eigenvalue weighted by Gasteiger charge is 1.98. The van der Waals surface area contributed by atoms with Crippen LogP contribution in [0.2, 0.25) is 0 Å². The molecule has 0 aliphatic rings. The second-order valence-electron chi connectivity index (χ2n) is 2.77. The molecule has 15 heavy (non-hydrogen) atoms. The van der Waals surface area contributed by atoms with Gasteiger partial charge in [-0.25, -0.2) is 0 Å². The monoisotopic (exact) mass is 222 g/mol. The van der Waals surface area contributed by atoms with Crippen molar-refractivity contribution in [3.05, 3.63) is 29.8 Å². The van der Waals surface area contributed by atoms with Gasteiger partial charge in [0.05, 0.1) is 6.54 Å². The van der Waals surface area contributed by atoms with Crippen LogP contribution < -0.4 is 11.1 Å². The summed E-state index contributed by atoms with van der Waals surface area (Å²) in [5.74, 6) is 5.36. The van der Waals surface area contributed by atoms with Crippen LogP contribution in [-0.4, -0.2) is 18.3 Å². The molecule has 0 fully saturated rings. The molecule has 0 aromatic heterocycles. The van der Waals surface area contributed by atoms with Crippen LogP contribution in [-0.2, 0) is 4.79 Å². The molecule has 1 aromatic rings. The first kappa shape index (κ1) is 11.6. The number of carbonyl (C=O) groups excluding carboxylic acids is 1. The van der Waals surface area contributed by atoms with E-state index in [1.807, 2.05) is 12.1 Å². The molecule has 0 bridgehead atoms. The molecule has 78 valence electrons. The highest BCUT2D eigenvalue weighted by atomic mass is 35.5.